The zero-order valence-corrected chi connectivity index (χ0v) is 19.8. The summed E-state index contributed by atoms with van der Waals surface area (Å²) in [6.07, 6.45) is 3.79. The number of nitrogens with zero attached hydrogens (tertiary/aromatic N) is 3. The van der Waals surface area contributed by atoms with Gasteiger partial charge in [-0.05, 0) is 58.4 Å². The van der Waals surface area contributed by atoms with Crippen LogP contribution < -0.4 is 5.32 Å². The fourth-order valence-electron chi connectivity index (χ4n) is 4.50. The minimum atomic E-state index is -0.514. The molecule has 8 heteroatoms. The number of nitrogens with one attached hydrogen (secondary N) is 1. The number of amides is 2. The van der Waals surface area contributed by atoms with Gasteiger partial charge in [-0.3, -0.25) is 5.32 Å². The lowest BCUT2D eigenvalue weighted by molar-refractivity contribution is 0.0709. The van der Waals surface area contributed by atoms with Crippen molar-refractivity contribution in [1.82, 2.24) is 14.7 Å². The summed E-state index contributed by atoms with van der Waals surface area (Å²) in [6.45, 7) is 7.91. The lowest BCUT2D eigenvalue weighted by atomic mass is 10.0. The smallest absolute Gasteiger partial charge is 0.413 e. The molecule has 2 fully saturated rings. The molecule has 1 saturated heterocycles. The molecular formula is C25H34N4O4. The number of likely N-dealkylation sites (tertiary alicyclic amines) is 1. The van der Waals surface area contributed by atoms with E-state index in [0.717, 1.165) is 56.5 Å². The second kappa shape index (κ2) is 9.85. The van der Waals surface area contributed by atoms with Gasteiger partial charge in [0.25, 0.3) is 0 Å². The van der Waals surface area contributed by atoms with Crippen molar-refractivity contribution >= 4 is 18.0 Å². The van der Waals surface area contributed by atoms with Crippen LogP contribution in [0.4, 0.5) is 15.4 Å². The Morgan fingerprint density at radius 2 is 1.85 bits per heavy atom. The van der Waals surface area contributed by atoms with Crippen molar-refractivity contribution in [2.24, 2.45) is 0 Å². The molecule has 0 unspecified atom stereocenters. The van der Waals surface area contributed by atoms with Gasteiger partial charge in [-0.15, -0.1) is 0 Å². The first-order valence-corrected chi connectivity index (χ1v) is 11.8. The van der Waals surface area contributed by atoms with E-state index in [0.29, 0.717) is 5.82 Å². The Balaban J connectivity index is 1.38. The third-order valence-electron chi connectivity index (χ3n) is 6.24. The Morgan fingerprint density at radius 1 is 1.12 bits per heavy atom. The number of ether oxygens (including phenoxy) is 2. The van der Waals surface area contributed by atoms with E-state index in [9.17, 15) is 9.59 Å². The van der Waals surface area contributed by atoms with Gasteiger partial charge in [-0.2, -0.15) is 5.10 Å². The predicted octanol–water partition coefficient (Wildman–Crippen LogP) is 5.26. The molecule has 2 aliphatic rings. The fourth-order valence-corrected chi connectivity index (χ4v) is 4.50. The molecule has 0 bridgehead atoms. The molecule has 2 amide bonds. The molecule has 178 valence electrons. The Kier molecular flexibility index (Phi) is 6.91. The van der Waals surface area contributed by atoms with Crippen LogP contribution in [0.5, 0.6) is 0 Å². The van der Waals surface area contributed by atoms with E-state index in [-0.39, 0.29) is 30.3 Å². The molecule has 2 atom stereocenters. The maximum Gasteiger partial charge on any atom is 0.413 e. The molecule has 1 aromatic carbocycles. The van der Waals surface area contributed by atoms with Crippen molar-refractivity contribution in [3.05, 3.63) is 47.7 Å². The third-order valence-corrected chi connectivity index (χ3v) is 6.24. The van der Waals surface area contributed by atoms with E-state index in [4.69, 9.17) is 14.6 Å². The molecule has 0 radical (unpaired) electrons. The van der Waals surface area contributed by atoms with Gasteiger partial charge in [0.05, 0.1) is 11.2 Å². The Hall–Kier alpha value is -3.03. The van der Waals surface area contributed by atoms with Crippen molar-refractivity contribution in [3.63, 3.8) is 0 Å². The molecule has 33 heavy (non-hydrogen) atoms. The van der Waals surface area contributed by atoms with Crippen LogP contribution in [0.1, 0.15) is 70.1 Å². The summed E-state index contributed by atoms with van der Waals surface area (Å²) in [5.74, 6) is 0.791. The fraction of sp³-hybridized carbons (Fsp3) is 0.560. The van der Waals surface area contributed by atoms with Gasteiger partial charge < -0.3 is 14.4 Å². The zero-order chi connectivity index (χ0) is 23.4. The van der Waals surface area contributed by atoms with Crippen molar-refractivity contribution in [2.75, 3.05) is 18.4 Å². The maximum absolute atomic E-state index is 12.5. The number of carbonyl (C=O) groups excluding carboxylic acids is 2. The van der Waals surface area contributed by atoms with Crippen molar-refractivity contribution < 1.29 is 19.1 Å². The van der Waals surface area contributed by atoms with Crippen LogP contribution in [0.25, 0.3) is 0 Å². The van der Waals surface area contributed by atoms with Gasteiger partial charge in [0.2, 0.25) is 0 Å². The van der Waals surface area contributed by atoms with Gasteiger partial charge in [0, 0.05) is 25.1 Å². The monoisotopic (exact) mass is 454 g/mol. The van der Waals surface area contributed by atoms with Crippen LogP contribution in [0.3, 0.4) is 0 Å². The number of carbonyl (C=O) groups is 2. The van der Waals surface area contributed by atoms with Crippen LogP contribution in [0, 0.1) is 0 Å². The molecule has 1 aliphatic carbocycles. The molecule has 2 heterocycles. The van der Waals surface area contributed by atoms with Crippen molar-refractivity contribution in [2.45, 2.75) is 77.0 Å². The highest BCUT2D eigenvalue weighted by atomic mass is 16.6. The molecule has 1 N–H and O–H groups in total. The zero-order valence-electron chi connectivity index (χ0n) is 19.8. The van der Waals surface area contributed by atoms with Gasteiger partial charge >= 0.3 is 12.2 Å². The van der Waals surface area contributed by atoms with E-state index >= 15 is 0 Å². The maximum atomic E-state index is 12.5. The molecule has 1 aliphatic heterocycles. The average Bonchev–Trinajstić information content (AvgIpc) is 3.53. The van der Waals surface area contributed by atoms with E-state index in [1.165, 1.54) is 0 Å². The normalized spacial score (nSPS) is 20.6. The van der Waals surface area contributed by atoms with E-state index in [2.05, 4.69) is 5.32 Å². The highest BCUT2D eigenvalue weighted by Crippen LogP contribution is 2.37. The molecule has 1 aromatic heterocycles. The summed E-state index contributed by atoms with van der Waals surface area (Å²) in [5, 5.41) is 7.68. The average molecular weight is 455 g/mol. The van der Waals surface area contributed by atoms with E-state index < -0.39 is 6.09 Å². The number of rotatable bonds is 5. The van der Waals surface area contributed by atoms with Crippen LogP contribution in [-0.4, -0.2) is 46.1 Å². The summed E-state index contributed by atoms with van der Waals surface area (Å²) < 4.78 is 13.0. The number of benzene rings is 1. The predicted molar refractivity (Wildman–Crippen MR) is 125 cm³/mol. The van der Waals surface area contributed by atoms with Gasteiger partial charge in [-0.25, -0.2) is 14.3 Å². The van der Waals surface area contributed by atoms with Crippen molar-refractivity contribution in [3.8, 4) is 0 Å². The van der Waals surface area contributed by atoms with Gasteiger partial charge in [-0.1, -0.05) is 30.3 Å². The quantitative estimate of drug-likeness (QED) is 0.666. The summed E-state index contributed by atoms with van der Waals surface area (Å²) >= 11 is 0. The summed E-state index contributed by atoms with van der Waals surface area (Å²) in [5.41, 5.74) is 1.52. The van der Waals surface area contributed by atoms with Gasteiger partial charge in [0.1, 0.15) is 18.5 Å². The standard InChI is InChI=1S/C25H34N4O4/c1-25(2,3)29-22(26-23(30)32-17-18-9-5-4-6-10-18)16-21(27-29)19-11-12-20(15-19)33-24(31)28-13-7-8-14-28/h4-6,9-10,16,19-20H,7-8,11-15,17H2,1-3H3,(H,26,30)/t19-,20+/m0/s1. The molecule has 2 aromatic rings. The Bertz CT molecular complexity index is 961. The minimum Gasteiger partial charge on any atom is -0.446 e. The number of anilines is 1. The van der Waals surface area contributed by atoms with Crippen LogP contribution in [0.2, 0.25) is 0 Å². The summed E-state index contributed by atoms with van der Waals surface area (Å²) in [7, 11) is 0. The summed E-state index contributed by atoms with van der Waals surface area (Å²) in [6, 6.07) is 11.5. The number of hydrogen-bond donors (Lipinski definition) is 1. The second-order valence-corrected chi connectivity index (χ2v) is 9.93. The molecule has 0 spiro atoms. The first-order chi connectivity index (χ1) is 15.8. The largest absolute Gasteiger partial charge is 0.446 e. The number of aromatic nitrogens is 2. The first kappa shape index (κ1) is 23.1. The van der Waals surface area contributed by atoms with Crippen LogP contribution >= 0.6 is 0 Å². The molecule has 1 saturated carbocycles. The third kappa shape index (κ3) is 5.86. The molecule has 8 nitrogen and oxygen atoms in total. The van der Waals surface area contributed by atoms with Crippen LogP contribution in [-0.2, 0) is 21.6 Å². The van der Waals surface area contributed by atoms with Crippen molar-refractivity contribution in [1.29, 1.82) is 0 Å². The molecule has 4 rings (SSSR count). The van der Waals surface area contributed by atoms with E-state index in [1.54, 1.807) is 4.90 Å². The van der Waals surface area contributed by atoms with E-state index in [1.807, 2.05) is 61.9 Å². The summed E-state index contributed by atoms with van der Waals surface area (Å²) in [4.78, 5) is 26.6. The highest BCUT2D eigenvalue weighted by molar-refractivity contribution is 5.83. The lowest BCUT2D eigenvalue weighted by Gasteiger charge is -2.22. The van der Waals surface area contributed by atoms with Crippen LogP contribution in [0.15, 0.2) is 36.4 Å². The Labute approximate surface area is 195 Å². The minimum absolute atomic E-state index is 0.0878. The lowest BCUT2D eigenvalue weighted by Crippen LogP contribution is -2.31. The van der Waals surface area contributed by atoms with Gasteiger partial charge in [0.15, 0.2) is 0 Å². The molecular weight excluding hydrogens is 420 g/mol. The first-order valence-electron chi connectivity index (χ1n) is 11.8. The highest BCUT2D eigenvalue weighted by Gasteiger charge is 2.33. The number of hydrogen-bond acceptors (Lipinski definition) is 5. The topological polar surface area (TPSA) is 85.7 Å². The Morgan fingerprint density at radius 3 is 2.55 bits per heavy atom. The SMILES string of the molecule is CC(C)(C)n1nc([C@H]2CC[C@@H](OC(=O)N3CCCC3)C2)cc1NC(=O)OCc1ccccc1. The second-order valence-electron chi connectivity index (χ2n) is 9.93.